The van der Waals surface area contributed by atoms with Crippen LogP contribution in [-0.2, 0) is 4.79 Å². The van der Waals surface area contributed by atoms with E-state index in [9.17, 15) is 4.79 Å². The van der Waals surface area contributed by atoms with Gasteiger partial charge in [0.25, 0.3) is 0 Å². The van der Waals surface area contributed by atoms with Crippen molar-refractivity contribution in [1.82, 2.24) is 4.90 Å². The summed E-state index contributed by atoms with van der Waals surface area (Å²) in [5, 5.41) is 0. The Morgan fingerprint density at radius 2 is 1.75 bits per heavy atom. The van der Waals surface area contributed by atoms with Gasteiger partial charge in [-0.15, -0.1) is 0 Å². The van der Waals surface area contributed by atoms with Crippen LogP contribution in [-0.4, -0.2) is 29.9 Å². The van der Waals surface area contributed by atoms with E-state index in [-0.39, 0.29) is 0 Å². The fourth-order valence-electron chi connectivity index (χ4n) is 4.04. The Bertz CT molecular complexity index is 310. The zero-order chi connectivity index (χ0) is 14.5. The lowest BCUT2D eigenvalue weighted by Crippen LogP contribution is -2.42. The van der Waals surface area contributed by atoms with Crippen molar-refractivity contribution in [1.29, 1.82) is 0 Å². The topological polar surface area (TPSA) is 46.3 Å². The zero-order valence-electron chi connectivity index (χ0n) is 13.3. The van der Waals surface area contributed by atoms with Crippen molar-refractivity contribution < 1.29 is 4.79 Å². The standard InChI is InChI=1S/C17H32N2O/c1-13-5-3-4-6-16(13)19(2)17(20)12-9-14-7-10-15(18)11-8-14/h13-16H,3-12,18H2,1-2H3. The van der Waals surface area contributed by atoms with Crippen molar-refractivity contribution in [2.75, 3.05) is 7.05 Å². The van der Waals surface area contributed by atoms with E-state index < -0.39 is 0 Å². The third-order valence-electron chi connectivity index (χ3n) is 5.61. The van der Waals surface area contributed by atoms with E-state index in [2.05, 4.69) is 11.8 Å². The quantitative estimate of drug-likeness (QED) is 0.858. The van der Waals surface area contributed by atoms with Gasteiger partial charge in [-0.25, -0.2) is 0 Å². The predicted molar refractivity (Wildman–Crippen MR) is 83.4 cm³/mol. The highest BCUT2D eigenvalue weighted by molar-refractivity contribution is 5.76. The summed E-state index contributed by atoms with van der Waals surface area (Å²) in [5.74, 6) is 1.76. The van der Waals surface area contributed by atoms with Gasteiger partial charge < -0.3 is 10.6 Å². The summed E-state index contributed by atoms with van der Waals surface area (Å²) < 4.78 is 0. The van der Waals surface area contributed by atoms with E-state index >= 15 is 0 Å². The molecular weight excluding hydrogens is 248 g/mol. The molecule has 2 atom stereocenters. The summed E-state index contributed by atoms with van der Waals surface area (Å²) in [7, 11) is 2.02. The minimum Gasteiger partial charge on any atom is -0.343 e. The lowest BCUT2D eigenvalue weighted by atomic mass is 9.83. The molecule has 0 aromatic heterocycles. The first-order valence-electron chi connectivity index (χ1n) is 8.59. The second-order valence-corrected chi connectivity index (χ2v) is 7.15. The van der Waals surface area contributed by atoms with Gasteiger partial charge in [-0.1, -0.05) is 19.8 Å². The van der Waals surface area contributed by atoms with Gasteiger partial charge in [0, 0.05) is 25.6 Å². The largest absolute Gasteiger partial charge is 0.343 e. The molecule has 2 aliphatic carbocycles. The van der Waals surface area contributed by atoms with Crippen LogP contribution in [0.15, 0.2) is 0 Å². The molecule has 0 radical (unpaired) electrons. The molecule has 20 heavy (non-hydrogen) atoms. The first-order chi connectivity index (χ1) is 9.58. The van der Waals surface area contributed by atoms with Crippen LogP contribution in [0.5, 0.6) is 0 Å². The Labute approximate surface area is 124 Å². The molecule has 3 nitrogen and oxygen atoms in total. The Kier molecular flexibility index (Phi) is 5.88. The normalized spacial score (nSPS) is 34.8. The van der Waals surface area contributed by atoms with Crippen LogP contribution in [0.1, 0.15) is 71.1 Å². The highest BCUT2D eigenvalue weighted by Crippen LogP contribution is 2.30. The van der Waals surface area contributed by atoms with Gasteiger partial charge in [0.05, 0.1) is 0 Å². The van der Waals surface area contributed by atoms with Crippen LogP contribution in [0, 0.1) is 11.8 Å². The van der Waals surface area contributed by atoms with Crippen LogP contribution >= 0.6 is 0 Å². The maximum Gasteiger partial charge on any atom is 0.222 e. The molecular formula is C17H32N2O. The fourth-order valence-corrected chi connectivity index (χ4v) is 4.04. The van der Waals surface area contributed by atoms with E-state index in [1.165, 1.54) is 38.5 Å². The molecule has 0 aromatic carbocycles. The Hall–Kier alpha value is -0.570. The number of amides is 1. The molecule has 1 amide bonds. The minimum absolute atomic E-state index is 0.360. The Morgan fingerprint density at radius 1 is 1.10 bits per heavy atom. The Balaban J connectivity index is 1.73. The number of nitrogens with zero attached hydrogens (tertiary/aromatic N) is 1. The van der Waals surface area contributed by atoms with E-state index in [1.807, 2.05) is 7.05 Å². The molecule has 0 aromatic rings. The van der Waals surface area contributed by atoms with Crippen molar-refractivity contribution in [3.63, 3.8) is 0 Å². The summed E-state index contributed by atoms with van der Waals surface area (Å²) in [6, 6.07) is 0.892. The molecule has 2 rings (SSSR count). The van der Waals surface area contributed by atoms with E-state index in [4.69, 9.17) is 5.73 Å². The number of hydrogen-bond donors (Lipinski definition) is 1. The number of rotatable bonds is 4. The first kappa shape index (κ1) is 15.8. The SMILES string of the molecule is CC1CCCCC1N(C)C(=O)CCC1CCC(N)CC1. The molecule has 0 aliphatic heterocycles. The molecule has 0 bridgehead atoms. The van der Waals surface area contributed by atoms with Gasteiger partial charge in [-0.2, -0.15) is 0 Å². The van der Waals surface area contributed by atoms with Crippen molar-refractivity contribution in [3.8, 4) is 0 Å². The number of hydrogen-bond acceptors (Lipinski definition) is 2. The lowest BCUT2D eigenvalue weighted by Gasteiger charge is -2.36. The van der Waals surface area contributed by atoms with Crippen LogP contribution in [0.4, 0.5) is 0 Å². The second-order valence-electron chi connectivity index (χ2n) is 7.15. The van der Waals surface area contributed by atoms with Crippen LogP contribution in [0.3, 0.4) is 0 Å². The highest BCUT2D eigenvalue weighted by Gasteiger charge is 2.28. The average molecular weight is 280 g/mol. The van der Waals surface area contributed by atoms with Gasteiger partial charge in [-0.3, -0.25) is 4.79 Å². The molecule has 3 heteroatoms. The highest BCUT2D eigenvalue weighted by atomic mass is 16.2. The van der Waals surface area contributed by atoms with Gasteiger partial charge in [0.1, 0.15) is 0 Å². The number of carbonyl (C=O) groups is 1. The summed E-state index contributed by atoms with van der Waals surface area (Å²) in [4.78, 5) is 14.5. The van der Waals surface area contributed by atoms with Gasteiger partial charge >= 0.3 is 0 Å². The molecule has 2 unspecified atom stereocenters. The second kappa shape index (κ2) is 7.44. The molecule has 2 aliphatic rings. The summed E-state index contributed by atoms with van der Waals surface area (Å²) in [6.07, 6.45) is 11.6. The molecule has 116 valence electrons. The molecule has 2 fully saturated rings. The van der Waals surface area contributed by atoms with E-state index in [0.717, 1.165) is 31.6 Å². The van der Waals surface area contributed by atoms with Crippen LogP contribution < -0.4 is 5.73 Å². The Morgan fingerprint density at radius 3 is 2.40 bits per heavy atom. The summed E-state index contributed by atoms with van der Waals surface area (Å²) in [5.41, 5.74) is 5.94. The number of carbonyl (C=O) groups excluding carboxylic acids is 1. The summed E-state index contributed by atoms with van der Waals surface area (Å²) in [6.45, 7) is 2.30. The third kappa shape index (κ3) is 4.21. The minimum atomic E-state index is 0.360. The van der Waals surface area contributed by atoms with Crippen LogP contribution in [0.2, 0.25) is 0 Å². The van der Waals surface area contributed by atoms with Gasteiger partial charge in [0.2, 0.25) is 5.91 Å². The fraction of sp³-hybridized carbons (Fsp3) is 0.941. The maximum atomic E-state index is 12.4. The van der Waals surface area contributed by atoms with Gasteiger partial charge in [0.15, 0.2) is 0 Å². The van der Waals surface area contributed by atoms with Crippen molar-refractivity contribution in [3.05, 3.63) is 0 Å². The monoisotopic (exact) mass is 280 g/mol. The van der Waals surface area contributed by atoms with E-state index in [0.29, 0.717) is 23.9 Å². The summed E-state index contributed by atoms with van der Waals surface area (Å²) >= 11 is 0. The third-order valence-corrected chi connectivity index (χ3v) is 5.61. The first-order valence-corrected chi connectivity index (χ1v) is 8.59. The van der Waals surface area contributed by atoms with Crippen LogP contribution in [0.25, 0.3) is 0 Å². The molecule has 2 saturated carbocycles. The predicted octanol–water partition coefficient (Wildman–Crippen LogP) is 3.32. The van der Waals surface area contributed by atoms with Crippen molar-refractivity contribution in [2.45, 2.75) is 83.2 Å². The maximum absolute atomic E-state index is 12.4. The lowest BCUT2D eigenvalue weighted by molar-refractivity contribution is -0.134. The van der Waals surface area contributed by atoms with E-state index in [1.54, 1.807) is 0 Å². The number of nitrogens with two attached hydrogens (primary N) is 1. The van der Waals surface area contributed by atoms with Crippen molar-refractivity contribution >= 4 is 5.91 Å². The average Bonchev–Trinajstić information content (AvgIpc) is 2.46. The molecule has 0 saturated heterocycles. The smallest absolute Gasteiger partial charge is 0.222 e. The van der Waals surface area contributed by atoms with Crippen molar-refractivity contribution in [2.24, 2.45) is 17.6 Å². The molecule has 0 heterocycles. The van der Waals surface area contributed by atoms with Gasteiger partial charge in [-0.05, 0) is 56.8 Å². The molecule has 0 spiro atoms. The zero-order valence-corrected chi connectivity index (χ0v) is 13.3. The molecule has 2 N–H and O–H groups in total.